The maximum atomic E-state index is 13.5. The molecule has 1 aromatic carbocycles. The zero-order valence-corrected chi connectivity index (χ0v) is 23.0. The van der Waals surface area contributed by atoms with Crippen LogP contribution in [0, 0.1) is 0 Å². The van der Waals surface area contributed by atoms with E-state index in [4.69, 9.17) is 0 Å². The summed E-state index contributed by atoms with van der Waals surface area (Å²) >= 11 is 0. The Kier molecular flexibility index (Phi) is 6.52. The molecule has 0 aliphatic rings. The average molecular weight is 587 g/mol. The number of nitrogens with one attached hydrogen (secondary N) is 5. The first-order chi connectivity index (χ1) is 20.7. The summed E-state index contributed by atoms with van der Waals surface area (Å²) in [6.45, 7) is 4.26. The molecule has 0 fully saturated rings. The summed E-state index contributed by atoms with van der Waals surface area (Å²) in [5.74, 6) is -1.54. The molecule has 1 unspecified atom stereocenters. The zero-order chi connectivity index (χ0) is 30.5. The summed E-state index contributed by atoms with van der Waals surface area (Å²) in [5, 5.41) is 18.0. The fourth-order valence-corrected chi connectivity index (χ4v) is 5.41. The molecule has 6 N–H and O–H groups in total. The number of carboxylic acids is 1. The summed E-state index contributed by atoms with van der Waals surface area (Å²) in [6, 6.07) is 8.10. The lowest BCUT2D eigenvalue weighted by atomic mass is 9.75. The van der Waals surface area contributed by atoms with Gasteiger partial charge in [0.25, 0.3) is 11.1 Å². The minimum absolute atomic E-state index is 0.0807. The Labute approximate surface area is 239 Å². The molecule has 6 aromatic rings. The van der Waals surface area contributed by atoms with Crippen LogP contribution >= 0.6 is 0 Å². The number of carboxylic acid groups (broad SMARTS) is 1. The van der Waals surface area contributed by atoms with Gasteiger partial charge in [-0.2, -0.15) is 5.10 Å². The highest BCUT2D eigenvalue weighted by atomic mass is 16.4. The second-order valence-electron chi connectivity index (χ2n) is 9.96. The second kappa shape index (κ2) is 10.2. The number of rotatable bonds is 9. The van der Waals surface area contributed by atoms with Crippen LogP contribution < -0.4 is 22.5 Å². The summed E-state index contributed by atoms with van der Waals surface area (Å²) in [4.78, 5) is 83.7. The van der Waals surface area contributed by atoms with E-state index < -0.39 is 33.9 Å². The number of benzene rings is 1. The normalized spacial score (nSPS) is 13.1. The molecule has 16 heteroatoms. The van der Waals surface area contributed by atoms with Crippen LogP contribution in [-0.4, -0.2) is 60.3 Å². The van der Waals surface area contributed by atoms with E-state index in [9.17, 15) is 29.1 Å². The molecule has 5 heterocycles. The van der Waals surface area contributed by atoms with Crippen molar-refractivity contribution >= 4 is 28.3 Å². The van der Waals surface area contributed by atoms with Gasteiger partial charge in [-0.05, 0) is 18.4 Å². The molecule has 16 nitrogen and oxygen atoms in total. The van der Waals surface area contributed by atoms with Gasteiger partial charge in [-0.1, -0.05) is 44.2 Å². The van der Waals surface area contributed by atoms with Crippen molar-refractivity contribution in [1.29, 1.82) is 0 Å². The third-order valence-corrected chi connectivity index (χ3v) is 7.28. The number of nitrogens with zero attached hydrogens (tertiary/aromatic N) is 5. The van der Waals surface area contributed by atoms with Crippen LogP contribution in [-0.2, 0) is 23.3 Å². The molecular weight excluding hydrogens is 560 g/mol. The van der Waals surface area contributed by atoms with Crippen molar-refractivity contribution in [3.05, 3.63) is 95.3 Å². The SMILES string of the molecule is CCCn1c(=O)c2[nH]c(-c3c[nH]nc3C(C(=O)O)(c3ccccc3)c3nc4[nH]c(=O)[nH]c(=O)c4[nH]3)nc2n(CCC)c1=O. The molecule has 6 rings (SSSR count). The van der Waals surface area contributed by atoms with E-state index in [1.165, 1.54) is 10.8 Å². The molecule has 5 aromatic heterocycles. The Bertz CT molecular complexity index is 2250. The predicted octanol–water partition coefficient (Wildman–Crippen LogP) is 0.768. The number of imidazole rings is 2. The fourth-order valence-electron chi connectivity index (χ4n) is 5.41. The molecule has 0 aliphatic heterocycles. The van der Waals surface area contributed by atoms with E-state index in [2.05, 4.69) is 40.1 Å². The Morgan fingerprint density at radius 3 is 2.33 bits per heavy atom. The standard InChI is InChI=1S/C27H26N10O6/c1-3-10-36-20-16(22(39)37(11-4-2)26(36)43)29-18(31-20)14-12-28-35-17(14)27(24(40)41,13-8-6-5-7-9-13)23-30-15-19(32-23)33-25(42)34-21(15)38/h5-9,12H,3-4,10-11H2,1-2H3,(H,28,35)(H,29,31)(H,40,41)(H3,30,32,33,34,38,42). The van der Waals surface area contributed by atoms with Crippen LogP contribution in [0.25, 0.3) is 33.7 Å². The maximum absolute atomic E-state index is 13.5. The van der Waals surface area contributed by atoms with Crippen LogP contribution in [0.5, 0.6) is 0 Å². The van der Waals surface area contributed by atoms with Crippen molar-refractivity contribution in [3.8, 4) is 11.4 Å². The van der Waals surface area contributed by atoms with Crippen LogP contribution in [0.15, 0.2) is 55.7 Å². The van der Waals surface area contributed by atoms with E-state index in [1.807, 2.05) is 13.8 Å². The molecule has 0 spiro atoms. The lowest BCUT2D eigenvalue weighted by Crippen LogP contribution is -2.40. The first-order valence-corrected chi connectivity index (χ1v) is 13.5. The van der Waals surface area contributed by atoms with Crippen molar-refractivity contribution in [1.82, 2.24) is 49.2 Å². The lowest BCUT2D eigenvalue weighted by Gasteiger charge is -2.27. The average Bonchev–Trinajstić information content (AvgIpc) is 3.73. The number of aryl methyl sites for hydroxylation is 1. The fraction of sp³-hybridized carbons (Fsp3) is 0.259. The summed E-state index contributed by atoms with van der Waals surface area (Å²) in [5.41, 5.74) is -4.58. The van der Waals surface area contributed by atoms with Gasteiger partial charge in [-0.3, -0.25) is 38.6 Å². The van der Waals surface area contributed by atoms with Crippen LogP contribution in [0.2, 0.25) is 0 Å². The number of aliphatic carboxylic acids is 1. The molecule has 220 valence electrons. The summed E-state index contributed by atoms with van der Waals surface area (Å²) in [6.07, 6.45) is 2.57. The molecule has 0 radical (unpaired) electrons. The van der Waals surface area contributed by atoms with Gasteiger partial charge in [-0.15, -0.1) is 0 Å². The van der Waals surface area contributed by atoms with Crippen molar-refractivity contribution in [2.24, 2.45) is 0 Å². The molecule has 0 amide bonds. The van der Waals surface area contributed by atoms with Gasteiger partial charge in [0.15, 0.2) is 16.7 Å². The summed E-state index contributed by atoms with van der Waals surface area (Å²) < 4.78 is 2.56. The van der Waals surface area contributed by atoms with E-state index in [-0.39, 0.29) is 57.3 Å². The van der Waals surface area contributed by atoms with E-state index in [0.29, 0.717) is 19.4 Å². The molecule has 0 aliphatic carbocycles. The molecule has 1 atom stereocenters. The molecule has 0 bridgehead atoms. The van der Waals surface area contributed by atoms with Crippen molar-refractivity contribution < 1.29 is 9.90 Å². The highest BCUT2D eigenvalue weighted by Gasteiger charge is 2.51. The Morgan fingerprint density at radius 1 is 0.907 bits per heavy atom. The largest absolute Gasteiger partial charge is 0.480 e. The lowest BCUT2D eigenvalue weighted by molar-refractivity contribution is -0.141. The summed E-state index contributed by atoms with van der Waals surface area (Å²) in [7, 11) is 0. The highest BCUT2D eigenvalue weighted by molar-refractivity contribution is 5.93. The van der Waals surface area contributed by atoms with E-state index in [1.54, 1.807) is 30.3 Å². The van der Waals surface area contributed by atoms with Crippen LogP contribution in [0.3, 0.4) is 0 Å². The quantitative estimate of drug-likeness (QED) is 0.140. The Hall–Kier alpha value is -5.80. The Morgan fingerprint density at radius 2 is 1.63 bits per heavy atom. The van der Waals surface area contributed by atoms with Gasteiger partial charge in [0.2, 0.25) is 0 Å². The number of aromatic amines is 5. The smallest absolute Gasteiger partial charge is 0.332 e. The minimum atomic E-state index is -2.16. The molecule has 43 heavy (non-hydrogen) atoms. The number of aromatic nitrogens is 10. The van der Waals surface area contributed by atoms with Crippen LogP contribution in [0.1, 0.15) is 43.8 Å². The predicted molar refractivity (Wildman–Crippen MR) is 154 cm³/mol. The first kappa shape index (κ1) is 27.4. The van der Waals surface area contributed by atoms with Gasteiger partial charge >= 0.3 is 17.3 Å². The molecular formula is C27H26N10O6. The van der Waals surface area contributed by atoms with Gasteiger partial charge in [-0.25, -0.2) is 19.6 Å². The van der Waals surface area contributed by atoms with Gasteiger partial charge < -0.3 is 15.1 Å². The highest BCUT2D eigenvalue weighted by Crippen LogP contribution is 2.41. The van der Waals surface area contributed by atoms with Crippen LogP contribution in [0.4, 0.5) is 0 Å². The third-order valence-electron chi connectivity index (χ3n) is 7.28. The number of H-pyrrole nitrogens is 5. The van der Waals surface area contributed by atoms with E-state index in [0.717, 1.165) is 4.57 Å². The zero-order valence-electron chi connectivity index (χ0n) is 23.0. The van der Waals surface area contributed by atoms with Crippen molar-refractivity contribution in [2.75, 3.05) is 0 Å². The minimum Gasteiger partial charge on any atom is -0.480 e. The van der Waals surface area contributed by atoms with E-state index >= 15 is 0 Å². The topological polar surface area (TPSA) is 233 Å². The monoisotopic (exact) mass is 586 g/mol. The maximum Gasteiger partial charge on any atom is 0.332 e. The van der Waals surface area contributed by atoms with Crippen molar-refractivity contribution in [3.63, 3.8) is 0 Å². The second-order valence-corrected chi connectivity index (χ2v) is 9.96. The number of hydrogen-bond donors (Lipinski definition) is 6. The number of fused-ring (bicyclic) bond motifs is 2. The van der Waals surface area contributed by atoms with Gasteiger partial charge in [0, 0.05) is 19.3 Å². The molecule has 0 saturated carbocycles. The van der Waals surface area contributed by atoms with Gasteiger partial charge in [0.1, 0.15) is 28.4 Å². The Balaban J connectivity index is 1.68. The first-order valence-electron chi connectivity index (χ1n) is 13.5. The number of hydrogen-bond acceptors (Lipinski definition) is 8. The van der Waals surface area contributed by atoms with Gasteiger partial charge in [0.05, 0.1) is 5.56 Å². The molecule has 0 saturated heterocycles. The number of carbonyl (C=O) groups is 1. The third kappa shape index (κ3) is 4.05. The van der Waals surface area contributed by atoms with Crippen molar-refractivity contribution in [2.45, 2.75) is 45.2 Å².